The second kappa shape index (κ2) is 3.98. The first-order valence-electron chi connectivity index (χ1n) is 4.96. The monoisotopic (exact) mass is 262 g/mol. The molecule has 2 heterocycles. The summed E-state index contributed by atoms with van der Waals surface area (Å²) in [6.45, 7) is 0. The Balaban J connectivity index is 2.08. The van der Waals surface area contributed by atoms with Crippen LogP contribution < -0.4 is 0 Å². The first-order chi connectivity index (χ1) is 8.26. The van der Waals surface area contributed by atoms with Crippen molar-refractivity contribution in [1.29, 1.82) is 0 Å². The van der Waals surface area contributed by atoms with Crippen LogP contribution in [0.15, 0.2) is 36.7 Å². The standard InChI is InChI=1S/C12H7ClN2OS/c13-9-3-1-8(2-4-9)11-6-15-5-10(7-16)17-12(15)14-11/h1-7H. The Bertz CT molecular complexity index is 653. The van der Waals surface area contributed by atoms with Crippen molar-refractivity contribution in [3.63, 3.8) is 0 Å². The number of carbonyl (C=O) groups is 1. The molecule has 0 bridgehead atoms. The fraction of sp³-hybridized carbons (Fsp3) is 0. The molecule has 0 fully saturated rings. The van der Waals surface area contributed by atoms with Crippen molar-refractivity contribution in [3.8, 4) is 11.3 Å². The lowest BCUT2D eigenvalue weighted by molar-refractivity contribution is 0.112. The molecule has 5 heteroatoms. The molecule has 3 rings (SSSR count). The van der Waals surface area contributed by atoms with Crippen LogP contribution in [0.4, 0.5) is 0 Å². The molecule has 17 heavy (non-hydrogen) atoms. The fourth-order valence-corrected chi connectivity index (χ4v) is 2.53. The zero-order chi connectivity index (χ0) is 11.8. The number of benzene rings is 1. The Morgan fingerprint density at radius 3 is 2.65 bits per heavy atom. The Labute approximate surface area is 106 Å². The van der Waals surface area contributed by atoms with E-state index in [1.54, 1.807) is 6.20 Å². The summed E-state index contributed by atoms with van der Waals surface area (Å²) in [5.74, 6) is 0. The van der Waals surface area contributed by atoms with Gasteiger partial charge in [-0.15, -0.1) is 0 Å². The highest BCUT2D eigenvalue weighted by atomic mass is 35.5. The number of rotatable bonds is 2. The van der Waals surface area contributed by atoms with Gasteiger partial charge in [0.25, 0.3) is 0 Å². The van der Waals surface area contributed by atoms with E-state index in [0.717, 1.165) is 22.5 Å². The fourth-order valence-electron chi connectivity index (χ4n) is 1.63. The zero-order valence-corrected chi connectivity index (χ0v) is 10.2. The van der Waals surface area contributed by atoms with Gasteiger partial charge in [0.1, 0.15) is 0 Å². The summed E-state index contributed by atoms with van der Waals surface area (Å²) in [5.41, 5.74) is 1.89. The number of hydrogen-bond donors (Lipinski definition) is 0. The molecule has 0 aliphatic rings. The smallest absolute Gasteiger partial charge is 0.194 e. The van der Waals surface area contributed by atoms with Crippen molar-refractivity contribution in [2.75, 3.05) is 0 Å². The molecule has 0 aliphatic carbocycles. The third-order valence-corrected chi connectivity index (χ3v) is 3.60. The average Bonchev–Trinajstić information content (AvgIpc) is 2.87. The molecular formula is C12H7ClN2OS. The maximum atomic E-state index is 10.6. The largest absolute Gasteiger partial charge is 0.297 e. The van der Waals surface area contributed by atoms with Crippen LogP contribution in [0, 0.1) is 0 Å². The molecule has 0 atom stereocenters. The number of fused-ring (bicyclic) bond motifs is 1. The minimum Gasteiger partial charge on any atom is -0.297 e. The molecule has 3 nitrogen and oxygen atoms in total. The van der Waals surface area contributed by atoms with Crippen LogP contribution in [0.5, 0.6) is 0 Å². The lowest BCUT2D eigenvalue weighted by Crippen LogP contribution is -1.76. The predicted molar refractivity (Wildman–Crippen MR) is 68.9 cm³/mol. The Morgan fingerprint density at radius 2 is 2.00 bits per heavy atom. The minimum absolute atomic E-state index is 0.676. The third kappa shape index (κ3) is 1.85. The van der Waals surface area contributed by atoms with Gasteiger partial charge in [-0.05, 0) is 12.1 Å². The number of aldehydes is 1. The highest BCUT2D eigenvalue weighted by molar-refractivity contribution is 7.18. The molecule has 0 saturated heterocycles. The second-order valence-corrected chi connectivity index (χ2v) is 5.05. The summed E-state index contributed by atoms with van der Waals surface area (Å²) in [6, 6.07) is 7.52. The molecule has 0 N–H and O–H groups in total. The summed E-state index contributed by atoms with van der Waals surface area (Å²) in [7, 11) is 0. The van der Waals surface area contributed by atoms with Gasteiger partial charge in [-0.1, -0.05) is 35.1 Å². The van der Waals surface area contributed by atoms with Gasteiger partial charge in [0.05, 0.1) is 10.6 Å². The Morgan fingerprint density at radius 1 is 1.24 bits per heavy atom. The van der Waals surface area contributed by atoms with E-state index in [1.807, 2.05) is 34.9 Å². The number of halogens is 1. The molecule has 0 saturated carbocycles. The highest BCUT2D eigenvalue weighted by Crippen LogP contribution is 2.24. The molecule has 0 amide bonds. The van der Waals surface area contributed by atoms with E-state index >= 15 is 0 Å². The van der Waals surface area contributed by atoms with E-state index in [4.69, 9.17) is 11.6 Å². The van der Waals surface area contributed by atoms with Crippen molar-refractivity contribution in [1.82, 2.24) is 9.38 Å². The van der Waals surface area contributed by atoms with Crippen molar-refractivity contribution in [3.05, 3.63) is 46.6 Å². The molecule has 1 aromatic carbocycles. The van der Waals surface area contributed by atoms with Gasteiger partial charge in [0.2, 0.25) is 0 Å². The average molecular weight is 263 g/mol. The van der Waals surface area contributed by atoms with Crippen molar-refractivity contribution < 1.29 is 4.79 Å². The third-order valence-electron chi connectivity index (χ3n) is 2.43. The van der Waals surface area contributed by atoms with Crippen LogP contribution >= 0.6 is 22.9 Å². The van der Waals surface area contributed by atoms with E-state index in [-0.39, 0.29) is 0 Å². The number of aromatic nitrogens is 2. The molecule has 2 aromatic heterocycles. The first kappa shape index (κ1) is 10.5. The summed E-state index contributed by atoms with van der Waals surface area (Å²) in [4.78, 5) is 16.6. The van der Waals surface area contributed by atoms with E-state index < -0.39 is 0 Å². The van der Waals surface area contributed by atoms with Crippen LogP contribution in [0.25, 0.3) is 16.2 Å². The second-order valence-electron chi connectivity index (χ2n) is 3.57. The topological polar surface area (TPSA) is 34.4 Å². The van der Waals surface area contributed by atoms with Gasteiger partial charge in [0.15, 0.2) is 11.2 Å². The normalized spacial score (nSPS) is 10.9. The highest BCUT2D eigenvalue weighted by Gasteiger charge is 2.07. The molecule has 84 valence electrons. The summed E-state index contributed by atoms with van der Waals surface area (Å²) in [6.07, 6.45) is 4.52. The molecule has 0 radical (unpaired) electrons. The molecular weight excluding hydrogens is 256 g/mol. The van der Waals surface area contributed by atoms with Crippen LogP contribution in [-0.4, -0.2) is 15.7 Å². The predicted octanol–water partition coefficient (Wildman–Crippen LogP) is 3.53. The maximum absolute atomic E-state index is 10.6. The SMILES string of the molecule is O=Cc1cn2cc(-c3ccc(Cl)cc3)nc2s1. The van der Waals surface area contributed by atoms with Crippen LogP contribution in [-0.2, 0) is 0 Å². The maximum Gasteiger partial charge on any atom is 0.194 e. The summed E-state index contributed by atoms with van der Waals surface area (Å²) >= 11 is 7.21. The number of carbonyl (C=O) groups excluding carboxylic acids is 1. The number of nitrogens with zero attached hydrogens (tertiary/aromatic N) is 2. The molecule has 0 unspecified atom stereocenters. The van der Waals surface area contributed by atoms with E-state index in [0.29, 0.717) is 9.90 Å². The zero-order valence-electron chi connectivity index (χ0n) is 8.63. The van der Waals surface area contributed by atoms with Crippen molar-refractivity contribution in [2.45, 2.75) is 0 Å². The van der Waals surface area contributed by atoms with Crippen molar-refractivity contribution in [2.24, 2.45) is 0 Å². The van der Waals surface area contributed by atoms with Gasteiger partial charge in [0, 0.05) is 23.0 Å². The van der Waals surface area contributed by atoms with Gasteiger partial charge < -0.3 is 0 Å². The lowest BCUT2D eigenvalue weighted by atomic mass is 10.2. The van der Waals surface area contributed by atoms with E-state index in [9.17, 15) is 4.79 Å². The van der Waals surface area contributed by atoms with Gasteiger partial charge in [-0.2, -0.15) is 0 Å². The lowest BCUT2D eigenvalue weighted by Gasteiger charge is -1.95. The Kier molecular flexibility index (Phi) is 2.46. The van der Waals surface area contributed by atoms with Crippen molar-refractivity contribution >= 4 is 34.2 Å². The number of hydrogen-bond acceptors (Lipinski definition) is 3. The minimum atomic E-state index is 0.676. The molecule has 0 aliphatic heterocycles. The van der Waals surface area contributed by atoms with Crippen LogP contribution in [0.3, 0.4) is 0 Å². The quantitative estimate of drug-likeness (QED) is 0.662. The van der Waals surface area contributed by atoms with Crippen LogP contribution in [0.2, 0.25) is 5.02 Å². The first-order valence-corrected chi connectivity index (χ1v) is 6.15. The number of imidazole rings is 1. The van der Waals surface area contributed by atoms with Gasteiger partial charge in [-0.25, -0.2) is 4.98 Å². The van der Waals surface area contributed by atoms with E-state index in [1.165, 1.54) is 11.3 Å². The van der Waals surface area contributed by atoms with Gasteiger partial charge in [-0.3, -0.25) is 9.20 Å². The van der Waals surface area contributed by atoms with Gasteiger partial charge >= 0.3 is 0 Å². The molecule has 0 spiro atoms. The summed E-state index contributed by atoms with van der Waals surface area (Å²) < 4.78 is 1.86. The Hall–Kier alpha value is -1.65. The molecule has 3 aromatic rings. The summed E-state index contributed by atoms with van der Waals surface area (Å²) in [5, 5.41) is 0.706. The van der Waals surface area contributed by atoms with Crippen LogP contribution in [0.1, 0.15) is 9.67 Å². The number of thiazole rings is 1. The van der Waals surface area contributed by atoms with E-state index in [2.05, 4.69) is 4.98 Å².